The van der Waals surface area contributed by atoms with Crippen LogP contribution in [0.1, 0.15) is 59.3 Å². The number of piperidine rings is 1. The second kappa shape index (κ2) is 6.02. The van der Waals surface area contributed by atoms with Crippen LogP contribution in [0, 0.1) is 5.41 Å². The van der Waals surface area contributed by atoms with Crippen molar-refractivity contribution in [3.63, 3.8) is 0 Å². The Balaban J connectivity index is 2.01. The van der Waals surface area contributed by atoms with Gasteiger partial charge in [0.1, 0.15) is 0 Å². The van der Waals surface area contributed by atoms with Gasteiger partial charge in [0.25, 0.3) is 0 Å². The molecule has 0 aromatic carbocycles. The SMILES string of the molecule is CCNC1(C(N)=O)CCCC(N2CCC(C)(C)CC2)C1. The highest BCUT2D eigenvalue weighted by Crippen LogP contribution is 2.36. The molecule has 4 nitrogen and oxygen atoms in total. The van der Waals surface area contributed by atoms with Gasteiger partial charge in [0.05, 0.1) is 5.54 Å². The van der Waals surface area contributed by atoms with E-state index >= 15 is 0 Å². The summed E-state index contributed by atoms with van der Waals surface area (Å²) >= 11 is 0. The summed E-state index contributed by atoms with van der Waals surface area (Å²) in [7, 11) is 0. The zero-order chi connectivity index (χ0) is 14.8. The summed E-state index contributed by atoms with van der Waals surface area (Å²) in [4.78, 5) is 14.5. The topological polar surface area (TPSA) is 58.4 Å². The summed E-state index contributed by atoms with van der Waals surface area (Å²) in [5.74, 6) is -0.165. The van der Waals surface area contributed by atoms with Crippen LogP contribution in [0.2, 0.25) is 0 Å². The molecule has 2 atom stereocenters. The van der Waals surface area contributed by atoms with Crippen LogP contribution in [0.15, 0.2) is 0 Å². The highest BCUT2D eigenvalue weighted by Gasteiger charge is 2.43. The second-order valence-corrected chi connectivity index (χ2v) is 7.43. The quantitative estimate of drug-likeness (QED) is 0.827. The molecule has 2 rings (SSSR count). The molecule has 3 N–H and O–H groups in total. The van der Waals surface area contributed by atoms with Gasteiger partial charge in [-0.3, -0.25) is 4.79 Å². The van der Waals surface area contributed by atoms with E-state index in [9.17, 15) is 4.79 Å². The number of likely N-dealkylation sites (N-methyl/N-ethyl adjacent to an activating group) is 1. The van der Waals surface area contributed by atoms with Gasteiger partial charge in [-0.1, -0.05) is 20.8 Å². The monoisotopic (exact) mass is 281 g/mol. The summed E-state index contributed by atoms with van der Waals surface area (Å²) in [5, 5.41) is 3.38. The molecule has 0 aromatic rings. The minimum atomic E-state index is -0.468. The fourth-order valence-electron chi connectivity index (χ4n) is 3.86. The van der Waals surface area contributed by atoms with Gasteiger partial charge in [0.15, 0.2) is 0 Å². The molecule has 0 bridgehead atoms. The number of primary amides is 1. The molecule has 2 fully saturated rings. The van der Waals surface area contributed by atoms with Crippen molar-refractivity contribution in [1.82, 2.24) is 10.2 Å². The Morgan fingerprint density at radius 1 is 1.30 bits per heavy atom. The second-order valence-electron chi connectivity index (χ2n) is 7.43. The fraction of sp³-hybridized carbons (Fsp3) is 0.938. The normalized spacial score (nSPS) is 34.9. The number of amides is 1. The van der Waals surface area contributed by atoms with Crippen molar-refractivity contribution in [3.05, 3.63) is 0 Å². The Morgan fingerprint density at radius 2 is 1.95 bits per heavy atom. The lowest BCUT2D eigenvalue weighted by Gasteiger charge is -2.47. The first-order chi connectivity index (χ1) is 9.38. The fourth-order valence-corrected chi connectivity index (χ4v) is 3.86. The molecule has 2 unspecified atom stereocenters. The Bertz CT molecular complexity index is 342. The maximum Gasteiger partial charge on any atom is 0.237 e. The molecule has 1 saturated heterocycles. The third-order valence-electron chi connectivity index (χ3n) is 5.38. The molecule has 1 aliphatic carbocycles. The maximum atomic E-state index is 11.9. The largest absolute Gasteiger partial charge is 0.368 e. The van der Waals surface area contributed by atoms with Crippen LogP contribution in [-0.2, 0) is 4.79 Å². The van der Waals surface area contributed by atoms with Crippen molar-refractivity contribution < 1.29 is 4.79 Å². The van der Waals surface area contributed by atoms with E-state index in [2.05, 4.69) is 31.0 Å². The zero-order valence-electron chi connectivity index (χ0n) is 13.4. The zero-order valence-corrected chi connectivity index (χ0v) is 13.4. The van der Waals surface area contributed by atoms with Crippen LogP contribution in [0.5, 0.6) is 0 Å². The molecule has 4 heteroatoms. The lowest BCUT2D eigenvalue weighted by molar-refractivity contribution is -0.127. The first-order valence-corrected chi connectivity index (χ1v) is 8.17. The van der Waals surface area contributed by atoms with E-state index in [4.69, 9.17) is 5.73 Å². The smallest absolute Gasteiger partial charge is 0.237 e. The first-order valence-electron chi connectivity index (χ1n) is 8.17. The summed E-state index contributed by atoms with van der Waals surface area (Å²) < 4.78 is 0. The number of nitrogens with zero attached hydrogens (tertiary/aromatic N) is 1. The van der Waals surface area contributed by atoms with E-state index in [-0.39, 0.29) is 5.91 Å². The molecule has 20 heavy (non-hydrogen) atoms. The predicted molar refractivity (Wildman–Crippen MR) is 82.4 cm³/mol. The molecule has 0 spiro atoms. The average molecular weight is 281 g/mol. The summed E-state index contributed by atoms with van der Waals surface area (Å²) in [6, 6.07) is 0.520. The minimum absolute atomic E-state index is 0.165. The van der Waals surface area contributed by atoms with Crippen molar-refractivity contribution in [1.29, 1.82) is 0 Å². The van der Waals surface area contributed by atoms with Crippen LogP contribution in [0.3, 0.4) is 0 Å². The Hall–Kier alpha value is -0.610. The number of hydrogen-bond donors (Lipinski definition) is 2. The Morgan fingerprint density at radius 3 is 2.50 bits per heavy atom. The molecular weight excluding hydrogens is 250 g/mol. The lowest BCUT2D eigenvalue weighted by atomic mass is 9.76. The van der Waals surface area contributed by atoms with Crippen molar-refractivity contribution in [3.8, 4) is 0 Å². The van der Waals surface area contributed by atoms with Crippen LogP contribution < -0.4 is 11.1 Å². The standard InChI is InChI=1S/C16H31N3O/c1-4-18-16(14(17)20)7-5-6-13(12-16)19-10-8-15(2,3)9-11-19/h13,18H,4-12H2,1-3H3,(H2,17,20). The summed E-state index contributed by atoms with van der Waals surface area (Å²) in [6.07, 6.45) is 6.60. The van der Waals surface area contributed by atoms with E-state index in [1.54, 1.807) is 0 Å². The molecule has 1 saturated carbocycles. The highest BCUT2D eigenvalue weighted by atomic mass is 16.1. The number of likely N-dealkylation sites (tertiary alicyclic amines) is 1. The Kier molecular flexibility index (Phi) is 4.75. The van der Waals surface area contributed by atoms with E-state index in [1.165, 1.54) is 32.4 Å². The van der Waals surface area contributed by atoms with Gasteiger partial charge in [-0.25, -0.2) is 0 Å². The Labute approximate surface area is 123 Å². The number of carbonyl (C=O) groups is 1. The van der Waals surface area contributed by atoms with Crippen LogP contribution in [0.25, 0.3) is 0 Å². The van der Waals surface area contributed by atoms with Crippen LogP contribution >= 0.6 is 0 Å². The van der Waals surface area contributed by atoms with E-state index in [0.29, 0.717) is 11.5 Å². The van der Waals surface area contributed by atoms with Crippen molar-refractivity contribution in [2.24, 2.45) is 11.1 Å². The molecule has 116 valence electrons. The van der Waals surface area contributed by atoms with Gasteiger partial charge in [-0.15, -0.1) is 0 Å². The highest BCUT2D eigenvalue weighted by molar-refractivity contribution is 5.84. The molecule has 0 radical (unpaired) electrons. The molecule has 1 aliphatic heterocycles. The lowest BCUT2D eigenvalue weighted by Crippen LogP contribution is -2.61. The van der Waals surface area contributed by atoms with Crippen molar-refractivity contribution in [2.45, 2.75) is 70.9 Å². The number of rotatable bonds is 4. The molecule has 2 aliphatic rings. The van der Waals surface area contributed by atoms with E-state index in [0.717, 1.165) is 25.8 Å². The van der Waals surface area contributed by atoms with Gasteiger partial charge in [0.2, 0.25) is 5.91 Å². The van der Waals surface area contributed by atoms with E-state index in [1.807, 2.05) is 0 Å². The minimum Gasteiger partial charge on any atom is -0.368 e. The molecular formula is C16H31N3O. The molecule has 1 amide bonds. The number of hydrogen-bond acceptors (Lipinski definition) is 3. The van der Waals surface area contributed by atoms with Gasteiger partial charge >= 0.3 is 0 Å². The van der Waals surface area contributed by atoms with E-state index < -0.39 is 5.54 Å². The molecule has 0 aromatic heterocycles. The average Bonchev–Trinajstić information content (AvgIpc) is 2.39. The number of nitrogens with two attached hydrogens (primary N) is 1. The number of carbonyl (C=O) groups excluding carboxylic acids is 1. The maximum absolute atomic E-state index is 11.9. The van der Waals surface area contributed by atoms with Crippen LogP contribution in [-0.4, -0.2) is 42.0 Å². The van der Waals surface area contributed by atoms with Gasteiger partial charge in [0, 0.05) is 6.04 Å². The van der Waals surface area contributed by atoms with Crippen LogP contribution in [0.4, 0.5) is 0 Å². The third-order valence-corrected chi connectivity index (χ3v) is 5.38. The predicted octanol–water partition coefficient (Wildman–Crippen LogP) is 1.88. The summed E-state index contributed by atoms with van der Waals surface area (Å²) in [6.45, 7) is 9.91. The van der Waals surface area contributed by atoms with Crippen molar-refractivity contribution in [2.75, 3.05) is 19.6 Å². The first kappa shape index (κ1) is 15.8. The van der Waals surface area contributed by atoms with Gasteiger partial charge < -0.3 is 16.0 Å². The number of nitrogens with one attached hydrogen (secondary N) is 1. The summed E-state index contributed by atoms with van der Waals surface area (Å²) in [5.41, 5.74) is 5.72. The van der Waals surface area contributed by atoms with Gasteiger partial charge in [-0.05, 0) is 63.6 Å². The third kappa shape index (κ3) is 3.34. The van der Waals surface area contributed by atoms with Crippen molar-refractivity contribution >= 4 is 5.91 Å². The molecule has 1 heterocycles. The van der Waals surface area contributed by atoms with Gasteiger partial charge in [-0.2, -0.15) is 0 Å².